The highest BCUT2D eigenvalue weighted by atomic mass is 79.9. The fourth-order valence-electron chi connectivity index (χ4n) is 1.80. The van der Waals surface area contributed by atoms with Gasteiger partial charge in [0.05, 0.1) is 5.75 Å². The molecule has 0 heterocycles. The normalized spacial score (nSPS) is 10.5. The standard InChI is InChI=1S/C16H15BrClNOS/c1-10-6-7-12(17)8-15(10)21-9-16(20)19-14-5-3-4-13(18)11(14)2/h3-8H,9H2,1-2H3,(H,19,20). The Morgan fingerprint density at radius 3 is 2.81 bits per heavy atom. The smallest absolute Gasteiger partial charge is 0.234 e. The summed E-state index contributed by atoms with van der Waals surface area (Å²) in [5.74, 6) is 0.327. The summed E-state index contributed by atoms with van der Waals surface area (Å²) in [4.78, 5) is 13.2. The third-order valence-electron chi connectivity index (χ3n) is 3.05. The van der Waals surface area contributed by atoms with E-state index in [1.54, 1.807) is 0 Å². The molecule has 0 bridgehead atoms. The van der Waals surface area contributed by atoms with Gasteiger partial charge in [0.25, 0.3) is 0 Å². The van der Waals surface area contributed by atoms with E-state index in [-0.39, 0.29) is 5.91 Å². The first kappa shape index (κ1) is 16.4. The fourth-order valence-corrected chi connectivity index (χ4v) is 3.35. The van der Waals surface area contributed by atoms with Crippen LogP contribution in [0.25, 0.3) is 0 Å². The lowest BCUT2D eigenvalue weighted by molar-refractivity contribution is -0.113. The molecule has 0 aliphatic heterocycles. The van der Waals surface area contributed by atoms with E-state index in [0.717, 1.165) is 26.2 Å². The Morgan fingerprint density at radius 2 is 2.05 bits per heavy atom. The van der Waals surface area contributed by atoms with Gasteiger partial charge >= 0.3 is 0 Å². The van der Waals surface area contributed by atoms with Crippen LogP contribution in [0.3, 0.4) is 0 Å². The highest BCUT2D eigenvalue weighted by Crippen LogP contribution is 2.27. The van der Waals surface area contributed by atoms with E-state index in [9.17, 15) is 4.79 Å². The molecular weight excluding hydrogens is 370 g/mol. The van der Waals surface area contributed by atoms with Crippen molar-refractivity contribution in [3.8, 4) is 0 Å². The molecule has 2 aromatic rings. The number of thioether (sulfide) groups is 1. The molecule has 5 heteroatoms. The monoisotopic (exact) mass is 383 g/mol. The highest BCUT2D eigenvalue weighted by molar-refractivity contribution is 9.10. The molecule has 0 spiro atoms. The minimum atomic E-state index is -0.0373. The quantitative estimate of drug-likeness (QED) is 0.710. The van der Waals surface area contributed by atoms with Crippen molar-refractivity contribution in [1.29, 1.82) is 0 Å². The van der Waals surface area contributed by atoms with Gasteiger partial charge in [0.15, 0.2) is 0 Å². The van der Waals surface area contributed by atoms with Gasteiger partial charge in [0.2, 0.25) is 5.91 Å². The molecule has 2 nitrogen and oxygen atoms in total. The average Bonchev–Trinajstić information content (AvgIpc) is 2.45. The lowest BCUT2D eigenvalue weighted by Crippen LogP contribution is -2.15. The Labute approximate surface area is 142 Å². The Bertz CT molecular complexity index is 675. The Hall–Kier alpha value is -0.970. The number of anilines is 1. The topological polar surface area (TPSA) is 29.1 Å². The molecule has 0 aliphatic rings. The van der Waals surface area contributed by atoms with Crippen LogP contribution < -0.4 is 5.32 Å². The number of hydrogen-bond acceptors (Lipinski definition) is 2. The van der Waals surface area contributed by atoms with E-state index in [1.807, 2.05) is 50.2 Å². The van der Waals surface area contributed by atoms with Gasteiger partial charge in [-0.2, -0.15) is 0 Å². The molecule has 2 rings (SSSR count). The maximum absolute atomic E-state index is 12.1. The number of carbonyl (C=O) groups excluding carboxylic acids is 1. The lowest BCUT2D eigenvalue weighted by atomic mass is 10.2. The molecule has 0 fully saturated rings. The van der Waals surface area contributed by atoms with Crippen molar-refractivity contribution < 1.29 is 4.79 Å². The van der Waals surface area contributed by atoms with Crippen LogP contribution in [0, 0.1) is 13.8 Å². The van der Waals surface area contributed by atoms with Crippen LogP contribution >= 0.6 is 39.3 Å². The number of nitrogens with one attached hydrogen (secondary N) is 1. The van der Waals surface area contributed by atoms with Crippen molar-refractivity contribution in [1.82, 2.24) is 0 Å². The van der Waals surface area contributed by atoms with Gasteiger partial charge in [-0.05, 0) is 49.2 Å². The molecule has 110 valence electrons. The first-order valence-corrected chi connectivity index (χ1v) is 8.57. The summed E-state index contributed by atoms with van der Waals surface area (Å²) in [6.07, 6.45) is 0. The van der Waals surface area contributed by atoms with E-state index in [4.69, 9.17) is 11.6 Å². The second kappa shape index (κ2) is 7.34. The van der Waals surface area contributed by atoms with E-state index in [2.05, 4.69) is 21.2 Å². The van der Waals surface area contributed by atoms with Crippen molar-refractivity contribution in [2.75, 3.05) is 11.1 Å². The van der Waals surface area contributed by atoms with Gasteiger partial charge in [0, 0.05) is 20.1 Å². The number of hydrogen-bond donors (Lipinski definition) is 1. The molecule has 0 saturated heterocycles. The number of aryl methyl sites for hydroxylation is 1. The highest BCUT2D eigenvalue weighted by Gasteiger charge is 2.08. The van der Waals surface area contributed by atoms with Gasteiger partial charge in [-0.3, -0.25) is 4.79 Å². The number of carbonyl (C=O) groups is 1. The molecule has 0 aliphatic carbocycles. The molecule has 0 atom stereocenters. The zero-order chi connectivity index (χ0) is 15.4. The predicted octanol–water partition coefficient (Wildman–Crippen LogP) is 5.45. The summed E-state index contributed by atoms with van der Waals surface area (Å²) in [5, 5.41) is 3.56. The predicted molar refractivity (Wildman–Crippen MR) is 94.4 cm³/mol. The third-order valence-corrected chi connectivity index (χ3v) is 5.11. The van der Waals surface area contributed by atoms with Crippen LogP contribution in [-0.4, -0.2) is 11.7 Å². The Kier molecular flexibility index (Phi) is 5.73. The van der Waals surface area contributed by atoms with Gasteiger partial charge in [-0.1, -0.05) is 39.7 Å². The zero-order valence-electron chi connectivity index (χ0n) is 11.7. The van der Waals surface area contributed by atoms with Crippen molar-refractivity contribution in [3.05, 3.63) is 57.0 Å². The first-order chi connectivity index (χ1) is 9.97. The van der Waals surface area contributed by atoms with E-state index in [0.29, 0.717) is 10.8 Å². The van der Waals surface area contributed by atoms with Crippen LogP contribution in [0.2, 0.25) is 5.02 Å². The molecule has 1 amide bonds. The largest absolute Gasteiger partial charge is 0.325 e. The van der Waals surface area contributed by atoms with E-state index in [1.165, 1.54) is 11.8 Å². The van der Waals surface area contributed by atoms with Crippen molar-refractivity contribution in [2.45, 2.75) is 18.7 Å². The molecule has 2 aromatic carbocycles. The maximum atomic E-state index is 12.1. The van der Waals surface area contributed by atoms with Crippen molar-refractivity contribution in [2.24, 2.45) is 0 Å². The summed E-state index contributed by atoms with van der Waals surface area (Å²) in [5.41, 5.74) is 2.81. The van der Waals surface area contributed by atoms with Crippen LogP contribution in [0.1, 0.15) is 11.1 Å². The maximum Gasteiger partial charge on any atom is 0.234 e. The number of amides is 1. The molecule has 0 radical (unpaired) electrons. The average molecular weight is 385 g/mol. The van der Waals surface area contributed by atoms with Gasteiger partial charge in [-0.25, -0.2) is 0 Å². The van der Waals surface area contributed by atoms with Crippen LogP contribution in [0.4, 0.5) is 5.69 Å². The first-order valence-electron chi connectivity index (χ1n) is 6.41. The minimum absolute atomic E-state index is 0.0373. The van der Waals surface area contributed by atoms with Crippen LogP contribution in [0.5, 0.6) is 0 Å². The minimum Gasteiger partial charge on any atom is -0.325 e. The van der Waals surface area contributed by atoms with Crippen LogP contribution in [-0.2, 0) is 4.79 Å². The molecule has 0 aromatic heterocycles. The van der Waals surface area contributed by atoms with Crippen molar-refractivity contribution >= 4 is 50.9 Å². The van der Waals surface area contributed by atoms with E-state index < -0.39 is 0 Å². The Morgan fingerprint density at radius 1 is 1.29 bits per heavy atom. The second-order valence-corrected chi connectivity index (χ2v) is 7.00. The molecule has 21 heavy (non-hydrogen) atoms. The third kappa shape index (κ3) is 4.50. The summed E-state index contributed by atoms with van der Waals surface area (Å²) in [7, 11) is 0. The molecule has 1 N–H and O–H groups in total. The molecule has 0 unspecified atom stereocenters. The fraction of sp³-hybridized carbons (Fsp3) is 0.188. The van der Waals surface area contributed by atoms with Crippen molar-refractivity contribution in [3.63, 3.8) is 0 Å². The van der Waals surface area contributed by atoms with Crippen LogP contribution in [0.15, 0.2) is 45.8 Å². The van der Waals surface area contributed by atoms with E-state index >= 15 is 0 Å². The van der Waals surface area contributed by atoms with Gasteiger partial charge in [0.1, 0.15) is 0 Å². The summed E-state index contributed by atoms with van der Waals surface area (Å²) in [6.45, 7) is 3.93. The lowest BCUT2D eigenvalue weighted by Gasteiger charge is -2.10. The number of rotatable bonds is 4. The van der Waals surface area contributed by atoms with Gasteiger partial charge < -0.3 is 5.32 Å². The second-order valence-electron chi connectivity index (χ2n) is 4.66. The number of benzene rings is 2. The summed E-state index contributed by atoms with van der Waals surface area (Å²) < 4.78 is 1.02. The summed E-state index contributed by atoms with van der Waals surface area (Å²) >= 11 is 11.0. The SMILES string of the molecule is Cc1ccc(Br)cc1SCC(=O)Nc1cccc(Cl)c1C. The zero-order valence-corrected chi connectivity index (χ0v) is 14.9. The number of halogens is 2. The Balaban J connectivity index is 1.99. The summed E-state index contributed by atoms with van der Waals surface area (Å²) in [6, 6.07) is 11.6. The van der Waals surface area contributed by atoms with Gasteiger partial charge in [-0.15, -0.1) is 11.8 Å². The molecule has 0 saturated carbocycles. The molecular formula is C16H15BrClNOS.